The fourth-order valence-electron chi connectivity index (χ4n) is 8.03. The fourth-order valence-corrected chi connectivity index (χ4v) is 8.42. The number of hydrogen-bond donors (Lipinski definition) is 5. The highest BCUT2D eigenvalue weighted by molar-refractivity contribution is 6.33. The van der Waals surface area contributed by atoms with Crippen LogP contribution >= 0.6 is 23.2 Å². The number of aliphatic hydroxyl groups is 1. The minimum atomic E-state index is -5.43. The minimum Gasteiger partial charge on any atom is -0.373 e. The summed E-state index contributed by atoms with van der Waals surface area (Å²) in [6.45, 7) is 4.97. The first-order valence-electron chi connectivity index (χ1n) is 21.8. The number of likely N-dealkylation sites (tertiary alicyclic amines) is 1. The molecule has 3 fully saturated rings. The Labute approximate surface area is 381 Å². The Morgan fingerprint density at radius 2 is 1.64 bits per heavy atom. The number of hydrogen-bond acceptors (Lipinski definition) is 8. The summed E-state index contributed by atoms with van der Waals surface area (Å²) in [5.41, 5.74) is -3.47. The van der Waals surface area contributed by atoms with E-state index in [2.05, 4.69) is 21.3 Å². The Hall–Kier alpha value is -4.23. The van der Waals surface area contributed by atoms with E-state index in [1.165, 1.54) is 19.0 Å². The zero-order chi connectivity index (χ0) is 47.8. The second-order valence-electron chi connectivity index (χ2n) is 17.8. The van der Waals surface area contributed by atoms with Crippen LogP contribution in [0.25, 0.3) is 0 Å². The van der Waals surface area contributed by atoms with E-state index in [0.29, 0.717) is 41.2 Å². The van der Waals surface area contributed by atoms with E-state index in [1.54, 1.807) is 18.2 Å². The smallest absolute Gasteiger partial charge is 0.373 e. The third kappa shape index (κ3) is 13.4. The summed E-state index contributed by atoms with van der Waals surface area (Å²) in [5, 5.41) is 21.7. The molecule has 2 heterocycles. The summed E-state index contributed by atoms with van der Waals surface area (Å²) >= 11 is 12.8. The first-order valence-corrected chi connectivity index (χ1v) is 22.5. The van der Waals surface area contributed by atoms with Gasteiger partial charge in [-0.2, -0.15) is 13.2 Å². The van der Waals surface area contributed by atoms with E-state index in [4.69, 9.17) is 23.2 Å². The number of nitrogens with zero attached hydrogens (tertiary/aromatic N) is 3. The molecule has 0 bridgehead atoms. The van der Waals surface area contributed by atoms with Gasteiger partial charge in [-0.05, 0) is 81.0 Å². The number of alkyl halides is 4. The Balaban J connectivity index is 1.67. The molecule has 0 spiro atoms. The van der Waals surface area contributed by atoms with E-state index in [1.807, 2.05) is 20.8 Å². The van der Waals surface area contributed by atoms with Gasteiger partial charge < -0.3 is 41.1 Å². The summed E-state index contributed by atoms with van der Waals surface area (Å²) in [7, 11) is 2.73. The Morgan fingerprint density at radius 3 is 2.25 bits per heavy atom. The molecule has 1 aromatic carbocycles. The first kappa shape index (κ1) is 52.4. The van der Waals surface area contributed by atoms with Crippen molar-refractivity contribution in [1.82, 2.24) is 36.0 Å². The van der Waals surface area contributed by atoms with Gasteiger partial charge in [-0.1, -0.05) is 63.2 Å². The maximum atomic E-state index is 14.7. The molecule has 4 rings (SSSR count). The molecule has 7 amide bonds. The molecule has 0 radical (unpaired) electrons. The highest BCUT2D eigenvalue weighted by Crippen LogP contribution is 2.36. The molecule has 5 N–H and O–H groups in total. The maximum absolute atomic E-state index is 14.7. The number of carbonyl (C=O) groups excluding carboxylic acids is 7. The Morgan fingerprint density at radius 1 is 0.984 bits per heavy atom. The number of benzene rings is 1. The van der Waals surface area contributed by atoms with Gasteiger partial charge in [0, 0.05) is 43.5 Å². The van der Waals surface area contributed by atoms with Gasteiger partial charge in [0.15, 0.2) is 0 Å². The molecular formula is C43H61Cl2F4N7O8. The van der Waals surface area contributed by atoms with E-state index >= 15 is 0 Å². The van der Waals surface area contributed by atoms with Crippen molar-refractivity contribution < 1.29 is 56.2 Å². The predicted octanol–water partition coefficient (Wildman–Crippen LogP) is 3.84. The van der Waals surface area contributed by atoms with Crippen LogP contribution in [-0.4, -0.2) is 143 Å². The lowest BCUT2D eigenvalue weighted by Gasteiger charge is -2.35. The van der Waals surface area contributed by atoms with Gasteiger partial charge in [0.2, 0.25) is 41.0 Å². The van der Waals surface area contributed by atoms with Crippen molar-refractivity contribution >= 4 is 64.6 Å². The van der Waals surface area contributed by atoms with E-state index in [9.17, 15) is 56.2 Å². The lowest BCUT2D eigenvalue weighted by atomic mass is 9.98. The summed E-state index contributed by atoms with van der Waals surface area (Å²) in [4.78, 5) is 100. The van der Waals surface area contributed by atoms with Gasteiger partial charge in [0.25, 0.3) is 5.91 Å². The van der Waals surface area contributed by atoms with Crippen LogP contribution in [0.15, 0.2) is 18.2 Å². The van der Waals surface area contributed by atoms with Crippen molar-refractivity contribution in [1.29, 1.82) is 0 Å². The van der Waals surface area contributed by atoms with Crippen LogP contribution in [0, 0.1) is 11.8 Å². The molecular weight excluding hydrogens is 889 g/mol. The standard InChI is InChI=1S/C43H61Cl2F4N7O8/c1-7-10-29-35(57)50-16-9-8-11-32(36(58)52-30(17-23(2)3)39(61)55(6)33(37(59)51-29)20-25-19-26(44)14-15-28(25)45)54(5)40(62)31(18-24-12-13-24)53-38(60)34-21-27(46)22-56(34)41(63)42(4,64)43(47,48)49/h14-15,19,23-24,27,29-34,64H,7-13,16-18,20-22H2,1-6H3,(H,50,57)(H,51,59)(H,52,58)(H,53,60)/t27-,29-,30+,31+,32+,33+,34+,42-/m1/s1. The maximum Gasteiger partial charge on any atom is 0.426 e. The normalized spacial score (nSPS) is 25.8. The summed E-state index contributed by atoms with van der Waals surface area (Å²) in [5.74, 6) is -6.49. The van der Waals surface area contributed by atoms with Gasteiger partial charge in [0.05, 0.1) is 6.54 Å². The largest absolute Gasteiger partial charge is 0.426 e. The molecule has 358 valence electrons. The Bertz CT molecular complexity index is 1890. The van der Waals surface area contributed by atoms with Gasteiger partial charge in [-0.3, -0.25) is 33.6 Å². The van der Waals surface area contributed by atoms with E-state index in [-0.39, 0.29) is 68.9 Å². The number of rotatable bonds is 13. The highest BCUT2D eigenvalue weighted by Gasteiger charge is 2.59. The lowest BCUT2D eigenvalue weighted by molar-refractivity contribution is -0.250. The van der Waals surface area contributed by atoms with Crippen LogP contribution in [0.1, 0.15) is 97.5 Å². The van der Waals surface area contributed by atoms with Crippen LogP contribution in [-0.2, 0) is 40.0 Å². The molecule has 1 aromatic rings. The molecule has 2 saturated heterocycles. The number of likely N-dealkylation sites (N-methyl/N-ethyl adjacent to an activating group) is 2. The van der Waals surface area contributed by atoms with Crippen LogP contribution in [0.4, 0.5) is 17.6 Å². The van der Waals surface area contributed by atoms with Gasteiger partial charge in [-0.25, -0.2) is 4.39 Å². The van der Waals surface area contributed by atoms with Crippen LogP contribution in [0.3, 0.4) is 0 Å². The summed E-state index contributed by atoms with van der Waals surface area (Å²) in [6.07, 6.45) is -5.08. The molecule has 1 aliphatic carbocycles. The fraction of sp³-hybridized carbons (Fsp3) is 0.698. The number of nitrogens with one attached hydrogen (secondary N) is 4. The van der Waals surface area contributed by atoms with E-state index < -0.39 is 109 Å². The third-order valence-corrected chi connectivity index (χ3v) is 12.7. The quantitative estimate of drug-likeness (QED) is 0.184. The average Bonchev–Trinajstić information content (AvgIpc) is 3.95. The monoisotopic (exact) mass is 949 g/mol. The van der Waals surface area contributed by atoms with Crippen molar-refractivity contribution in [3.8, 4) is 0 Å². The molecule has 2 aliphatic heterocycles. The van der Waals surface area contributed by atoms with Crippen LogP contribution < -0.4 is 21.3 Å². The van der Waals surface area contributed by atoms with Crippen molar-refractivity contribution in [2.24, 2.45) is 11.8 Å². The SMILES string of the molecule is CCC[C@H]1NC(=O)[C@H](Cc2cc(Cl)ccc2Cl)N(C)C(=O)[C@H](CC(C)C)NC(=O)[C@@H](N(C)C(=O)[C@H](CC2CC2)NC(=O)[C@@H]2C[C@@H](F)CN2C(=O)[C@@](C)(O)C(F)(F)F)CCCCNC1=O. The number of halogens is 6. The van der Waals surface area contributed by atoms with Gasteiger partial charge in [-0.15, -0.1) is 0 Å². The number of carbonyl (C=O) groups is 7. The van der Waals surface area contributed by atoms with Crippen LogP contribution in [0.5, 0.6) is 0 Å². The number of amides is 7. The second-order valence-corrected chi connectivity index (χ2v) is 18.7. The summed E-state index contributed by atoms with van der Waals surface area (Å²) < 4.78 is 55.6. The molecule has 3 aliphatic rings. The zero-order valence-corrected chi connectivity index (χ0v) is 38.5. The second kappa shape index (κ2) is 22.3. The molecule has 8 atom stereocenters. The topological polar surface area (TPSA) is 198 Å². The average molecular weight is 951 g/mol. The molecule has 0 aromatic heterocycles. The Kier molecular flexibility index (Phi) is 18.3. The molecule has 0 unspecified atom stereocenters. The molecule has 64 heavy (non-hydrogen) atoms. The van der Waals surface area contributed by atoms with Crippen molar-refractivity contribution in [3.63, 3.8) is 0 Å². The lowest BCUT2D eigenvalue weighted by Crippen LogP contribution is -2.61. The zero-order valence-electron chi connectivity index (χ0n) is 37.0. The molecule has 21 heteroatoms. The molecule has 1 saturated carbocycles. The van der Waals surface area contributed by atoms with Crippen molar-refractivity contribution in [2.45, 2.75) is 153 Å². The molecule has 15 nitrogen and oxygen atoms in total. The summed E-state index contributed by atoms with van der Waals surface area (Å²) in [6, 6.07) is -3.12. The van der Waals surface area contributed by atoms with Gasteiger partial charge >= 0.3 is 6.18 Å². The first-order chi connectivity index (χ1) is 29.9. The third-order valence-electron chi connectivity index (χ3n) is 12.1. The minimum absolute atomic E-state index is 0.0262. The van der Waals surface area contributed by atoms with Crippen molar-refractivity contribution in [3.05, 3.63) is 33.8 Å². The van der Waals surface area contributed by atoms with Gasteiger partial charge in [0.1, 0.15) is 42.4 Å². The van der Waals surface area contributed by atoms with E-state index in [0.717, 1.165) is 4.90 Å². The van der Waals surface area contributed by atoms with Crippen LogP contribution in [0.2, 0.25) is 10.0 Å². The predicted molar refractivity (Wildman–Crippen MR) is 229 cm³/mol. The highest BCUT2D eigenvalue weighted by atomic mass is 35.5. The van der Waals surface area contributed by atoms with Crippen molar-refractivity contribution in [2.75, 3.05) is 27.2 Å².